The lowest BCUT2D eigenvalue weighted by Gasteiger charge is -2.33. The Balaban J connectivity index is 2.28. The SMILES string of the molecule is NCC1COCCN1S(=O)(=O)c1cn[nH]c1. The van der Waals surface area contributed by atoms with Crippen LogP contribution in [0.2, 0.25) is 0 Å². The minimum absolute atomic E-state index is 0.160. The molecule has 3 N–H and O–H groups in total. The van der Waals surface area contributed by atoms with Crippen LogP contribution in [0.15, 0.2) is 17.3 Å². The fourth-order valence-electron chi connectivity index (χ4n) is 1.66. The summed E-state index contributed by atoms with van der Waals surface area (Å²) in [6.45, 7) is 1.31. The zero-order valence-corrected chi connectivity index (χ0v) is 9.48. The highest BCUT2D eigenvalue weighted by Gasteiger charge is 2.33. The largest absolute Gasteiger partial charge is 0.378 e. The minimum Gasteiger partial charge on any atom is -0.378 e. The van der Waals surface area contributed by atoms with Gasteiger partial charge in [0.15, 0.2) is 0 Å². The summed E-state index contributed by atoms with van der Waals surface area (Å²) >= 11 is 0. The van der Waals surface area contributed by atoms with Gasteiger partial charge in [0.2, 0.25) is 10.0 Å². The van der Waals surface area contributed by atoms with E-state index in [2.05, 4.69) is 10.2 Å². The second-order valence-corrected chi connectivity index (χ2v) is 5.40. The van der Waals surface area contributed by atoms with E-state index in [0.717, 1.165) is 0 Å². The topological polar surface area (TPSA) is 101 Å². The number of aromatic amines is 1. The maximum Gasteiger partial charge on any atom is 0.246 e. The van der Waals surface area contributed by atoms with Crippen LogP contribution in [-0.2, 0) is 14.8 Å². The summed E-state index contributed by atoms with van der Waals surface area (Å²) in [4.78, 5) is 0.160. The van der Waals surface area contributed by atoms with Crippen molar-refractivity contribution in [3.63, 3.8) is 0 Å². The Morgan fingerprint density at radius 3 is 3.12 bits per heavy atom. The van der Waals surface area contributed by atoms with Crippen molar-refractivity contribution in [2.24, 2.45) is 5.73 Å². The fourth-order valence-corrected chi connectivity index (χ4v) is 3.17. The van der Waals surface area contributed by atoms with E-state index < -0.39 is 10.0 Å². The molecule has 1 fully saturated rings. The molecule has 0 radical (unpaired) electrons. The molecule has 1 aromatic heterocycles. The Hall–Kier alpha value is -0.960. The molecule has 16 heavy (non-hydrogen) atoms. The normalized spacial score (nSPS) is 23.4. The summed E-state index contributed by atoms with van der Waals surface area (Å²) < 4.78 is 30.9. The molecule has 2 rings (SSSR count). The molecule has 1 saturated heterocycles. The van der Waals surface area contributed by atoms with Gasteiger partial charge >= 0.3 is 0 Å². The van der Waals surface area contributed by atoms with Gasteiger partial charge in [0.05, 0.1) is 25.5 Å². The fraction of sp³-hybridized carbons (Fsp3) is 0.625. The van der Waals surface area contributed by atoms with E-state index in [1.165, 1.54) is 16.7 Å². The lowest BCUT2D eigenvalue weighted by molar-refractivity contribution is 0.0358. The van der Waals surface area contributed by atoms with Crippen LogP contribution >= 0.6 is 0 Å². The first-order valence-corrected chi connectivity index (χ1v) is 6.38. The molecule has 0 saturated carbocycles. The Kier molecular flexibility index (Phi) is 3.24. The third kappa shape index (κ3) is 1.96. The van der Waals surface area contributed by atoms with E-state index >= 15 is 0 Å². The predicted molar refractivity (Wildman–Crippen MR) is 56.1 cm³/mol. The molecule has 1 atom stereocenters. The number of hydrogen-bond acceptors (Lipinski definition) is 5. The van der Waals surface area contributed by atoms with Crippen LogP contribution in [0.25, 0.3) is 0 Å². The molecule has 1 aromatic rings. The lowest BCUT2D eigenvalue weighted by Crippen LogP contribution is -2.51. The molecular formula is C8H14N4O3S. The van der Waals surface area contributed by atoms with Gasteiger partial charge < -0.3 is 10.5 Å². The Morgan fingerprint density at radius 2 is 2.50 bits per heavy atom. The summed E-state index contributed by atoms with van der Waals surface area (Å²) in [5, 5.41) is 6.13. The maximum absolute atomic E-state index is 12.2. The third-order valence-corrected chi connectivity index (χ3v) is 4.44. The first-order valence-electron chi connectivity index (χ1n) is 4.94. The molecule has 2 heterocycles. The second-order valence-electron chi connectivity index (χ2n) is 3.51. The summed E-state index contributed by atoms with van der Waals surface area (Å²) in [5.41, 5.74) is 5.53. The van der Waals surface area contributed by atoms with Gasteiger partial charge in [-0.05, 0) is 0 Å². The van der Waals surface area contributed by atoms with Gasteiger partial charge in [0.1, 0.15) is 4.90 Å². The van der Waals surface area contributed by atoms with Crippen LogP contribution in [0, 0.1) is 0 Å². The minimum atomic E-state index is -3.50. The molecule has 1 aliphatic heterocycles. The number of ether oxygens (including phenoxy) is 1. The number of nitrogens with one attached hydrogen (secondary N) is 1. The number of nitrogens with two attached hydrogens (primary N) is 1. The molecule has 1 aliphatic rings. The molecular weight excluding hydrogens is 232 g/mol. The van der Waals surface area contributed by atoms with Crippen LogP contribution in [0.4, 0.5) is 0 Å². The highest BCUT2D eigenvalue weighted by Crippen LogP contribution is 2.18. The first kappa shape index (κ1) is 11.5. The zero-order chi connectivity index (χ0) is 11.6. The number of sulfonamides is 1. The molecule has 1 unspecified atom stereocenters. The standard InChI is InChI=1S/C8H14N4O3S/c9-3-7-6-15-2-1-12(7)16(13,14)8-4-10-11-5-8/h4-5,7H,1-3,6,9H2,(H,10,11). The lowest BCUT2D eigenvalue weighted by atomic mass is 10.3. The van der Waals surface area contributed by atoms with E-state index in [0.29, 0.717) is 19.8 Å². The van der Waals surface area contributed by atoms with Crippen molar-refractivity contribution in [3.8, 4) is 0 Å². The summed E-state index contributed by atoms with van der Waals surface area (Å²) in [6, 6.07) is -0.298. The molecule has 8 heteroatoms. The van der Waals surface area contributed by atoms with Gasteiger partial charge in [-0.2, -0.15) is 9.40 Å². The number of H-pyrrole nitrogens is 1. The molecule has 0 amide bonds. The monoisotopic (exact) mass is 246 g/mol. The van der Waals surface area contributed by atoms with Gasteiger partial charge in [-0.3, -0.25) is 5.10 Å². The van der Waals surface area contributed by atoms with E-state index in [4.69, 9.17) is 10.5 Å². The van der Waals surface area contributed by atoms with Crippen molar-refractivity contribution >= 4 is 10.0 Å². The van der Waals surface area contributed by atoms with Gasteiger partial charge in [-0.15, -0.1) is 0 Å². The average Bonchev–Trinajstić information content (AvgIpc) is 2.83. The highest BCUT2D eigenvalue weighted by atomic mass is 32.2. The summed E-state index contributed by atoms with van der Waals surface area (Å²) in [6.07, 6.45) is 2.65. The van der Waals surface area contributed by atoms with Crippen molar-refractivity contribution < 1.29 is 13.2 Å². The smallest absolute Gasteiger partial charge is 0.246 e. The Labute approximate surface area is 93.6 Å². The number of hydrogen-bond donors (Lipinski definition) is 2. The molecule has 0 bridgehead atoms. The van der Waals surface area contributed by atoms with Crippen molar-refractivity contribution in [2.45, 2.75) is 10.9 Å². The number of aromatic nitrogens is 2. The van der Waals surface area contributed by atoms with Crippen molar-refractivity contribution in [1.29, 1.82) is 0 Å². The van der Waals surface area contributed by atoms with E-state index in [-0.39, 0.29) is 17.5 Å². The van der Waals surface area contributed by atoms with Gasteiger partial charge in [0, 0.05) is 19.3 Å². The van der Waals surface area contributed by atoms with E-state index in [9.17, 15) is 8.42 Å². The Morgan fingerprint density at radius 1 is 1.69 bits per heavy atom. The predicted octanol–water partition coefficient (Wildman–Crippen LogP) is -1.24. The van der Waals surface area contributed by atoms with Crippen LogP contribution in [0.5, 0.6) is 0 Å². The van der Waals surface area contributed by atoms with E-state index in [1.807, 2.05) is 0 Å². The summed E-state index contributed by atoms with van der Waals surface area (Å²) in [7, 11) is -3.50. The van der Waals surface area contributed by atoms with Crippen LogP contribution < -0.4 is 5.73 Å². The van der Waals surface area contributed by atoms with Crippen LogP contribution in [0.3, 0.4) is 0 Å². The Bertz CT molecular complexity index is 430. The average molecular weight is 246 g/mol. The summed E-state index contributed by atoms with van der Waals surface area (Å²) in [5.74, 6) is 0. The molecule has 90 valence electrons. The first-order chi connectivity index (χ1) is 7.66. The molecule has 0 spiro atoms. The van der Waals surface area contributed by atoms with Gasteiger partial charge in [-0.25, -0.2) is 8.42 Å². The van der Waals surface area contributed by atoms with Crippen molar-refractivity contribution in [2.75, 3.05) is 26.3 Å². The highest BCUT2D eigenvalue weighted by molar-refractivity contribution is 7.89. The second kappa shape index (κ2) is 4.50. The number of nitrogens with zero attached hydrogens (tertiary/aromatic N) is 2. The van der Waals surface area contributed by atoms with Gasteiger partial charge in [0.25, 0.3) is 0 Å². The van der Waals surface area contributed by atoms with Crippen molar-refractivity contribution in [1.82, 2.24) is 14.5 Å². The number of morpholine rings is 1. The third-order valence-electron chi connectivity index (χ3n) is 2.53. The quantitative estimate of drug-likeness (QED) is 0.694. The van der Waals surface area contributed by atoms with Gasteiger partial charge in [-0.1, -0.05) is 0 Å². The van der Waals surface area contributed by atoms with E-state index in [1.54, 1.807) is 0 Å². The zero-order valence-electron chi connectivity index (χ0n) is 8.67. The van der Waals surface area contributed by atoms with Crippen molar-refractivity contribution in [3.05, 3.63) is 12.4 Å². The maximum atomic E-state index is 12.2. The van der Waals surface area contributed by atoms with Crippen LogP contribution in [-0.4, -0.2) is 55.3 Å². The molecule has 0 aliphatic carbocycles. The number of rotatable bonds is 3. The molecule has 7 nitrogen and oxygen atoms in total. The van der Waals surface area contributed by atoms with Crippen LogP contribution in [0.1, 0.15) is 0 Å². The molecule has 0 aromatic carbocycles.